The Labute approximate surface area is 128 Å². The largest absolute Gasteiger partial charge is 0.494 e. The lowest BCUT2D eigenvalue weighted by molar-refractivity contribution is -0.141. The molecule has 1 saturated carbocycles. The third-order valence-corrected chi connectivity index (χ3v) is 4.11. The van der Waals surface area contributed by atoms with Gasteiger partial charge in [-0.3, -0.25) is 14.5 Å². The zero-order chi connectivity index (χ0) is 15.0. The van der Waals surface area contributed by atoms with E-state index in [4.69, 9.17) is 22.7 Å². The number of fused-ring (bicyclic) bond motifs is 1. The molecule has 2 N–H and O–H groups in total. The van der Waals surface area contributed by atoms with Crippen molar-refractivity contribution in [3.8, 4) is 5.75 Å². The molecule has 5 nitrogen and oxygen atoms in total. The summed E-state index contributed by atoms with van der Waals surface area (Å²) in [6.07, 6.45) is 1.37. The van der Waals surface area contributed by atoms with Crippen LogP contribution in [0.15, 0.2) is 24.3 Å². The molecule has 2 fully saturated rings. The maximum atomic E-state index is 11.8. The van der Waals surface area contributed by atoms with Gasteiger partial charge in [0, 0.05) is 12.1 Å². The van der Waals surface area contributed by atoms with Gasteiger partial charge in [-0.25, -0.2) is 0 Å². The van der Waals surface area contributed by atoms with Crippen LogP contribution in [0.1, 0.15) is 18.4 Å². The van der Waals surface area contributed by atoms with Crippen LogP contribution in [0.4, 0.5) is 0 Å². The molecule has 1 aromatic rings. The van der Waals surface area contributed by atoms with E-state index in [2.05, 4.69) is 0 Å². The maximum absolute atomic E-state index is 11.8. The second-order valence-corrected chi connectivity index (χ2v) is 5.81. The Morgan fingerprint density at radius 1 is 1.33 bits per heavy atom. The van der Waals surface area contributed by atoms with Gasteiger partial charge in [0.05, 0.1) is 18.4 Å². The smallest absolute Gasteiger partial charge is 0.233 e. The number of carbonyl (C=O) groups excluding carboxylic acids is 2. The molecule has 1 aromatic carbocycles. The van der Waals surface area contributed by atoms with Crippen molar-refractivity contribution >= 4 is 29.0 Å². The number of amides is 2. The van der Waals surface area contributed by atoms with Gasteiger partial charge in [-0.1, -0.05) is 24.4 Å². The second kappa shape index (κ2) is 5.44. The van der Waals surface area contributed by atoms with Crippen molar-refractivity contribution in [3.63, 3.8) is 0 Å². The van der Waals surface area contributed by atoms with Crippen molar-refractivity contribution in [1.82, 2.24) is 4.90 Å². The molecule has 2 amide bonds. The van der Waals surface area contributed by atoms with Gasteiger partial charge < -0.3 is 10.5 Å². The van der Waals surface area contributed by atoms with Crippen molar-refractivity contribution in [2.24, 2.45) is 17.6 Å². The van der Waals surface area contributed by atoms with E-state index in [1.165, 1.54) is 4.90 Å². The summed E-state index contributed by atoms with van der Waals surface area (Å²) in [5.74, 6) is 0.601. The Kier molecular flexibility index (Phi) is 3.63. The van der Waals surface area contributed by atoms with Gasteiger partial charge >= 0.3 is 0 Å². The van der Waals surface area contributed by atoms with E-state index < -0.39 is 0 Å². The fraction of sp³-hybridized carbons (Fsp3) is 0.400. The number of likely N-dealkylation sites (tertiary alicyclic amines) is 1. The lowest BCUT2D eigenvalue weighted by Crippen LogP contribution is -2.34. The Bertz CT molecular complexity index is 597. The van der Waals surface area contributed by atoms with E-state index >= 15 is 0 Å². The summed E-state index contributed by atoms with van der Waals surface area (Å²) < 4.78 is 5.60. The summed E-state index contributed by atoms with van der Waals surface area (Å²) in [7, 11) is 0. The zero-order valence-electron chi connectivity index (χ0n) is 11.5. The van der Waals surface area contributed by atoms with E-state index in [0.717, 1.165) is 12.0 Å². The average molecular weight is 304 g/mol. The lowest BCUT2D eigenvalue weighted by atomic mass is 10.2. The summed E-state index contributed by atoms with van der Waals surface area (Å²) >= 11 is 4.91. The van der Waals surface area contributed by atoms with E-state index in [1.54, 1.807) is 6.07 Å². The van der Waals surface area contributed by atoms with Crippen LogP contribution in [-0.2, 0) is 9.59 Å². The molecular weight excluding hydrogens is 288 g/mol. The van der Waals surface area contributed by atoms with Crippen LogP contribution in [0.25, 0.3) is 0 Å². The quantitative estimate of drug-likeness (QED) is 0.484. The molecule has 110 valence electrons. The van der Waals surface area contributed by atoms with Gasteiger partial charge in [-0.15, -0.1) is 0 Å². The standard InChI is InChI=1S/C15H16N2O3S/c16-13(21)9-3-1-4-10(7-9)20-6-2-5-17-14(18)11-8-12(11)15(17)19/h1,3-4,7,11-12H,2,5-6,8H2,(H2,16,21). The minimum Gasteiger partial charge on any atom is -0.494 e. The minimum absolute atomic E-state index is 0.0134. The molecule has 6 heteroatoms. The van der Waals surface area contributed by atoms with Gasteiger partial charge in [-0.2, -0.15) is 0 Å². The number of thiocarbonyl (C=S) groups is 1. The predicted octanol–water partition coefficient (Wildman–Crippen LogP) is 1.09. The molecule has 0 radical (unpaired) electrons. The molecule has 1 heterocycles. The van der Waals surface area contributed by atoms with Crippen molar-refractivity contribution in [3.05, 3.63) is 29.8 Å². The molecular formula is C15H16N2O3S. The van der Waals surface area contributed by atoms with Crippen LogP contribution in [0.5, 0.6) is 5.75 Å². The van der Waals surface area contributed by atoms with Gasteiger partial charge in [0.15, 0.2) is 0 Å². The molecule has 1 aliphatic heterocycles. The van der Waals surface area contributed by atoms with Gasteiger partial charge in [0.25, 0.3) is 0 Å². The number of nitrogens with zero attached hydrogens (tertiary/aromatic N) is 1. The van der Waals surface area contributed by atoms with Gasteiger partial charge in [0.2, 0.25) is 11.8 Å². The first kappa shape index (κ1) is 14.0. The summed E-state index contributed by atoms with van der Waals surface area (Å²) in [5.41, 5.74) is 6.32. The van der Waals surface area contributed by atoms with Crippen LogP contribution in [-0.4, -0.2) is 34.9 Å². The third kappa shape index (κ3) is 2.76. The number of benzene rings is 1. The van der Waals surface area contributed by atoms with Gasteiger partial charge in [0.1, 0.15) is 10.7 Å². The third-order valence-electron chi connectivity index (χ3n) is 3.87. The highest BCUT2D eigenvalue weighted by atomic mass is 32.1. The number of imide groups is 1. The molecule has 3 rings (SSSR count). The minimum atomic E-state index is -0.0272. The lowest BCUT2D eigenvalue weighted by Gasteiger charge is -2.16. The van der Waals surface area contributed by atoms with Crippen molar-refractivity contribution < 1.29 is 14.3 Å². The first-order valence-corrected chi connectivity index (χ1v) is 7.36. The predicted molar refractivity (Wildman–Crippen MR) is 80.8 cm³/mol. The fourth-order valence-electron chi connectivity index (χ4n) is 2.62. The van der Waals surface area contributed by atoms with E-state index in [0.29, 0.717) is 30.3 Å². The summed E-state index contributed by atoms with van der Waals surface area (Å²) in [6, 6.07) is 7.25. The first-order chi connectivity index (χ1) is 10.1. The van der Waals surface area contributed by atoms with Crippen LogP contribution in [0, 0.1) is 11.8 Å². The number of ether oxygens (including phenoxy) is 1. The first-order valence-electron chi connectivity index (χ1n) is 6.96. The van der Waals surface area contributed by atoms with Gasteiger partial charge in [-0.05, 0) is 25.0 Å². The monoisotopic (exact) mass is 304 g/mol. The Balaban J connectivity index is 1.46. The number of rotatable bonds is 6. The molecule has 0 aromatic heterocycles. The maximum Gasteiger partial charge on any atom is 0.233 e. The topological polar surface area (TPSA) is 72.6 Å². The van der Waals surface area contributed by atoms with Crippen molar-refractivity contribution in [2.75, 3.05) is 13.2 Å². The summed E-state index contributed by atoms with van der Waals surface area (Å²) in [4.78, 5) is 25.2. The van der Waals surface area contributed by atoms with Crippen LogP contribution in [0.2, 0.25) is 0 Å². The normalized spacial score (nSPS) is 23.1. The molecule has 0 spiro atoms. The highest BCUT2D eigenvalue weighted by Crippen LogP contribution is 2.46. The SMILES string of the molecule is NC(=S)c1cccc(OCCCN2C(=O)C3CC3C2=O)c1. The number of hydrogen-bond acceptors (Lipinski definition) is 4. The average Bonchev–Trinajstić information content (AvgIpc) is 3.22. The molecule has 1 aliphatic carbocycles. The number of nitrogens with two attached hydrogens (primary N) is 1. The van der Waals surface area contributed by atoms with E-state index in [9.17, 15) is 9.59 Å². The summed E-state index contributed by atoms with van der Waals surface area (Å²) in [6.45, 7) is 0.868. The van der Waals surface area contributed by atoms with Crippen LogP contribution < -0.4 is 10.5 Å². The van der Waals surface area contributed by atoms with E-state index in [-0.39, 0.29) is 23.7 Å². The highest BCUT2D eigenvalue weighted by Gasteiger charge is 2.58. The van der Waals surface area contributed by atoms with Crippen LogP contribution in [0.3, 0.4) is 0 Å². The number of carbonyl (C=O) groups is 2. The molecule has 2 aliphatic rings. The van der Waals surface area contributed by atoms with Crippen LogP contribution >= 0.6 is 12.2 Å². The molecule has 0 bridgehead atoms. The molecule has 1 saturated heterocycles. The van der Waals surface area contributed by atoms with Crippen molar-refractivity contribution in [1.29, 1.82) is 0 Å². The fourth-order valence-corrected chi connectivity index (χ4v) is 2.75. The molecule has 2 unspecified atom stereocenters. The second-order valence-electron chi connectivity index (χ2n) is 5.37. The van der Waals surface area contributed by atoms with E-state index in [1.807, 2.05) is 18.2 Å². The Morgan fingerprint density at radius 2 is 2.05 bits per heavy atom. The zero-order valence-corrected chi connectivity index (χ0v) is 12.3. The highest BCUT2D eigenvalue weighted by molar-refractivity contribution is 7.80. The Hall–Kier alpha value is -1.95. The Morgan fingerprint density at radius 3 is 2.71 bits per heavy atom. The van der Waals surface area contributed by atoms with Crippen molar-refractivity contribution in [2.45, 2.75) is 12.8 Å². The number of hydrogen-bond donors (Lipinski definition) is 1. The molecule has 2 atom stereocenters. The number of piperidine rings is 1. The summed E-state index contributed by atoms with van der Waals surface area (Å²) in [5, 5.41) is 0. The molecule has 21 heavy (non-hydrogen) atoms.